The second-order valence-corrected chi connectivity index (χ2v) is 6.86. The van der Waals surface area contributed by atoms with Gasteiger partial charge in [0.25, 0.3) is 0 Å². The molecule has 0 aliphatic heterocycles. The van der Waals surface area contributed by atoms with Crippen LogP contribution in [-0.4, -0.2) is 13.0 Å². The van der Waals surface area contributed by atoms with Gasteiger partial charge in [-0.3, -0.25) is 4.79 Å². The summed E-state index contributed by atoms with van der Waals surface area (Å²) in [7, 11) is 1.60. The first-order chi connectivity index (χ1) is 9.69. The van der Waals surface area contributed by atoms with Gasteiger partial charge in [-0.25, -0.2) is 0 Å². The highest BCUT2D eigenvalue weighted by molar-refractivity contribution is 9.11. The predicted octanol–water partition coefficient (Wildman–Crippen LogP) is 4.48. The number of benzene rings is 1. The average Bonchev–Trinajstić information content (AvgIpc) is 2.85. The summed E-state index contributed by atoms with van der Waals surface area (Å²) in [5, 5.41) is 2.88. The molecule has 0 radical (unpaired) electrons. The molecule has 0 fully saturated rings. The number of halogens is 1. The summed E-state index contributed by atoms with van der Waals surface area (Å²) in [6.07, 6.45) is 2.27. The molecule has 3 nitrogen and oxygen atoms in total. The van der Waals surface area contributed by atoms with E-state index in [1.807, 2.05) is 30.3 Å². The number of hydrogen-bond acceptors (Lipinski definition) is 3. The van der Waals surface area contributed by atoms with Crippen LogP contribution in [0.3, 0.4) is 0 Å². The Morgan fingerprint density at radius 3 is 2.80 bits per heavy atom. The molecule has 106 valence electrons. The van der Waals surface area contributed by atoms with E-state index in [0.717, 1.165) is 22.3 Å². The van der Waals surface area contributed by atoms with Crippen LogP contribution >= 0.6 is 27.3 Å². The highest BCUT2D eigenvalue weighted by Crippen LogP contribution is 2.25. The molecule has 1 amide bonds. The molecule has 1 aromatic carbocycles. The minimum atomic E-state index is 0.0186. The number of carbonyl (C=O) groups excluding carboxylic acids is 1. The third-order valence-electron chi connectivity index (χ3n) is 2.84. The van der Waals surface area contributed by atoms with Gasteiger partial charge in [-0.2, -0.15) is 0 Å². The third kappa shape index (κ3) is 4.35. The number of carbonyl (C=O) groups is 1. The van der Waals surface area contributed by atoms with Crippen molar-refractivity contribution in [2.75, 3.05) is 12.4 Å². The van der Waals surface area contributed by atoms with Crippen molar-refractivity contribution in [3.63, 3.8) is 0 Å². The molecule has 0 saturated heterocycles. The van der Waals surface area contributed by atoms with Crippen molar-refractivity contribution in [1.29, 1.82) is 0 Å². The van der Waals surface area contributed by atoms with E-state index in [9.17, 15) is 4.79 Å². The molecule has 0 aliphatic carbocycles. The Morgan fingerprint density at radius 1 is 1.30 bits per heavy atom. The van der Waals surface area contributed by atoms with E-state index in [0.29, 0.717) is 12.2 Å². The number of ether oxygens (including phenoxy) is 1. The monoisotopic (exact) mass is 353 g/mol. The van der Waals surface area contributed by atoms with Gasteiger partial charge in [0.15, 0.2) is 0 Å². The quantitative estimate of drug-likeness (QED) is 0.831. The van der Waals surface area contributed by atoms with E-state index in [1.165, 1.54) is 4.88 Å². The first-order valence-corrected chi connectivity index (χ1v) is 7.97. The van der Waals surface area contributed by atoms with E-state index in [4.69, 9.17) is 4.74 Å². The molecule has 1 heterocycles. The number of aryl methyl sites for hydroxylation is 1. The number of hydrogen-bond donors (Lipinski definition) is 1. The van der Waals surface area contributed by atoms with Gasteiger partial charge < -0.3 is 10.1 Å². The number of thiophene rings is 1. The number of rotatable bonds is 6. The third-order valence-corrected chi connectivity index (χ3v) is 4.52. The molecular formula is C15H16BrNO2S. The lowest BCUT2D eigenvalue weighted by Crippen LogP contribution is -2.12. The highest BCUT2D eigenvalue weighted by Gasteiger charge is 2.07. The van der Waals surface area contributed by atoms with Crippen molar-refractivity contribution in [2.45, 2.75) is 19.3 Å². The Hall–Kier alpha value is -1.33. The fourth-order valence-electron chi connectivity index (χ4n) is 1.87. The van der Waals surface area contributed by atoms with E-state index < -0.39 is 0 Å². The lowest BCUT2D eigenvalue weighted by molar-refractivity contribution is -0.116. The van der Waals surface area contributed by atoms with Crippen molar-refractivity contribution < 1.29 is 9.53 Å². The van der Waals surface area contributed by atoms with E-state index >= 15 is 0 Å². The molecule has 0 aliphatic rings. The normalized spacial score (nSPS) is 10.3. The zero-order valence-electron chi connectivity index (χ0n) is 11.2. The maximum Gasteiger partial charge on any atom is 0.224 e. The van der Waals surface area contributed by atoms with Crippen molar-refractivity contribution in [1.82, 2.24) is 0 Å². The Kier molecular flexibility index (Phi) is 5.61. The molecule has 1 N–H and O–H groups in total. The fourth-order valence-corrected chi connectivity index (χ4v) is 3.39. The summed E-state index contributed by atoms with van der Waals surface area (Å²) in [6, 6.07) is 11.6. The number of amides is 1. The number of anilines is 1. The molecular weight excluding hydrogens is 338 g/mol. The van der Waals surface area contributed by atoms with Crippen LogP contribution in [0.2, 0.25) is 0 Å². The maximum atomic E-state index is 11.9. The summed E-state index contributed by atoms with van der Waals surface area (Å²) in [5.74, 6) is 0.702. The largest absolute Gasteiger partial charge is 0.495 e. The van der Waals surface area contributed by atoms with Gasteiger partial charge in [-0.15, -0.1) is 11.3 Å². The molecule has 2 rings (SSSR count). The number of nitrogens with one attached hydrogen (secondary N) is 1. The Bertz CT molecular complexity index is 583. The van der Waals surface area contributed by atoms with Crippen molar-refractivity contribution in [2.24, 2.45) is 0 Å². The zero-order valence-corrected chi connectivity index (χ0v) is 13.6. The van der Waals surface area contributed by atoms with Crippen molar-refractivity contribution >= 4 is 38.9 Å². The second kappa shape index (κ2) is 7.45. The summed E-state index contributed by atoms with van der Waals surface area (Å²) < 4.78 is 6.34. The molecule has 0 spiro atoms. The van der Waals surface area contributed by atoms with Crippen LogP contribution in [0.1, 0.15) is 17.7 Å². The van der Waals surface area contributed by atoms with Crippen LogP contribution in [0.15, 0.2) is 40.2 Å². The van der Waals surface area contributed by atoms with Crippen molar-refractivity contribution in [3.8, 4) is 5.75 Å². The van der Waals surface area contributed by atoms with Crippen LogP contribution in [0.5, 0.6) is 5.75 Å². The highest BCUT2D eigenvalue weighted by atomic mass is 79.9. The second-order valence-electron chi connectivity index (χ2n) is 4.31. The molecule has 0 saturated carbocycles. The van der Waals surface area contributed by atoms with Gasteiger partial charge in [0.2, 0.25) is 5.91 Å². The van der Waals surface area contributed by atoms with Crippen molar-refractivity contribution in [3.05, 3.63) is 45.1 Å². The molecule has 0 atom stereocenters. The fraction of sp³-hybridized carbons (Fsp3) is 0.267. The van der Waals surface area contributed by atoms with Crippen LogP contribution in [0.25, 0.3) is 0 Å². The van der Waals surface area contributed by atoms with Gasteiger partial charge >= 0.3 is 0 Å². The lowest BCUT2D eigenvalue weighted by Gasteiger charge is -2.09. The summed E-state index contributed by atoms with van der Waals surface area (Å²) in [4.78, 5) is 13.2. The molecule has 2 aromatic rings. The average molecular weight is 354 g/mol. The zero-order chi connectivity index (χ0) is 14.4. The van der Waals surface area contributed by atoms with Crippen LogP contribution < -0.4 is 10.1 Å². The molecule has 0 unspecified atom stereocenters. The van der Waals surface area contributed by atoms with E-state index in [1.54, 1.807) is 18.4 Å². The Balaban J connectivity index is 1.80. The maximum absolute atomic E-state index is 11.9. The Labute approximate surface area is 131 Å². The standard InChI is InChI=1S/C15H16BrNO2S/c1-19-13-7-3-2-6-12(13)17-15(18)8-4-5-11-9-10-14(16)20-11/h2-3,6-7,9-10H,4-5,8H2,1H3,(H,17,18). The molecule has 1 aromatic heterocycles. The SMILES string of the molecule is COc1ccccc1NC(=O)CCCc1ccc(Br)s1. The number of para-hydroxylation sites is 2. The van der Waals surface area contributed by atoms with Gasteiger partial charge in [0, 0.05) is 11.3 Å². The number of methoxy groups -OCH3 is 1. The predicted molar refractivity (Wildman–Crippen MR) is 86.6 cm³/mol. The summed E-state index contributed by atoms with van der Waals surface area (Å²) in [6.45, 7) is 0. The summed E-state index contributed by atoms with van der Waals surface area (Å²) in [5.41, 5.74) is 0.721. The van der Waals surface area contributed by atoms with Crippen LogP contribution in [-0.2, 0) is 11.2 Å². The van der Waals surface area contributed by atoms with E-state index in [2.05, 4.69) is 27.3 Å². The smallest absolute Gasteiger partial charge is 0.224 e. The van der Waals surface area contributed by atoms with Gasteiger partial charge in [0.05, 0.1) is 16.6 Å². The van der Waals surface area contributed by atoms with Gasteiger partial charge in [-0.1, -0.05) is 12.1 Å². The van der Waals surface area contributed by atoms with Crippen LogP contribution in [0, 0.1) is 0 Å². The minimum absolute atomic E-state index is 0.0186. The van der Waals surface area contributed by atoms with Crippen LogP contribution in [0.4, 0.5) is 5.69 Å². The first kappa shape index (κ1) is 15.1. The van der Waals surface area contributed by atoms with Gasteiger partial charge in [-0.05, 0) is 53.0 Å². The van der Waals surface area contributed by atoms with E-state index in [-0.39, 0.29) is 5.91 Å². The molecule has 5 heteroatoms. The first-order valence-electron chi connectivity index (χ1n) is 6.36. The lowest BCUT2D eigenvalue weighted by atomic mass is 10.2. The Morgan fingerprint density at radius 2 is 2.10 bits per heavy atom. The minimum Gasteiger partial charge on any atom is -0.495 e. The molecule has 20 heavy (non-hydrogen) atoms. The van der Waals surface area contributed by atoms with Gasteiger partial charge in [0.1, 0.15) is 5.75 Å². The molecule has 0 bridgehead atoms. The topological polar surface area (TPSA) is 38.3 Å². The summed E-state index contributed by atoms with van der Waals surface area (Å²) >= 11 is 5.15.